The van der Waals surface area contributed by atoms with Crippen molar-refractivity contribution in [3.63, 3.8) is 0 Å². The third-order valence-corrected chi connectivity index (χ3v) is 1.97. The first-order chi connectivity index (χ1) is 6.85. The van der Waals surface area contributed by atoms with Crippen LogP contribution in [0.25, 0.3) is 0 Å². The van der Waals surface area contributed by atoms with Crippen LogP contribution in [0.5, 0.6) is 5.75 Å². The first kappa shape index (κ1) is 11.4. The van der Waals surface area contributed by atoms with Crippen LogP contribution in [0, 0.1) is 0 Å². The lowest BCUT2D eigenvalue weighted by Gasteiger charge is -2.24. The van der Waals surface area contributed by atoms with Gasteiger partial charge in [0.05, 0.1) is 0 Å². The second kappa shape index (κ2) is 3.85. The summed E-state index contributed by atoms with van der Waals surface area (Å²) in [7, 11) is 0. The van der Waals surface area contributed by atoms with Gasteiger partial charge in [-0.25, -0.2) is 4.79 Å². The van der Waals surface area contributed by atoms with E-state index in [0.29, 0.717) is 0 Å². The summed E-state index contributed by atoms with van der Waals surface area (Å²) in [5.74, 6) is -1.77. The van der Waals surface area contributed by atoms with Gasteiger partial charge >= 0.3 is 5.97 Å². The molecule has 0 aromatic heterocycles. The Morgan fingerprint density at radius 1 is 1.33 bits per heavy atom. The Morgan fingerprint density at radius 2 is 1.80 bits per heavy atom. The number of phenols is 1. The van der Waals surface area contributed by atoms with Gasteiger partial charge in [-0.1, -0.05) is 12.1 Å². The Balaban J connectivity index is 2.99. The van der Waals surface area contributed by atoms with Crippen molar-refractivity contribution in [1.29, 1.82) is 0 Å². The highest BCUT2D eigenvalue weighted by Crippen LogP contribution is 2.23. The average molecular weight is 213 g/mol. The van der Waals surface area contributed by atoms with Crippen molar-refractivity contribution >= 4 is 5.97 Å². The van der Waals surface area contributed by atoms with E-state index in [1.54, 1.807) is 0 Å². The SMILES string of the molecule is NC(O)(C(=O)O)C(O)c1ccc(O)cc1. The second-order valence-corrected chi connectivity index (χ2v) is 3.12. The minimum absolute atomic E-state index is 0.0400. The maximum atomic E-state index is 10.5. The normalized spacial score (nSPS) is 16.7. The molecular weight excluding hydrogens is 202 g/mol. The van der Waals surface area contributed by atoms with Crippen LogP contribution >= 0.6 is 0 Å². The molecule has 1 aromatic rings. The number of hydrogen-bond donors (Lipinski definition) is 5. The lowest BCUT2D eigenvalue weighted by molar-refractivity contribution is -0.171. The Labute approximate surface area is 85.2 Å². The minimum Gasteiger partial charge on any atom is -0.508 e. The van der Waals surface area contributed by atoms with E-state index in [-0.39, 0.29) is 11.3 Å². The lowest BCUT2D eigenvalue weighted by Crippen LogP contribution is -2.52. The smallest absolute Gasteiger partial charge is 0.354 e. The maximum absolute atomic E-state index is 10.5. The van der Waals surface area contributed by atoms with Crippen molar-refractivity contribution < 1.29 is 25.2 Å². The number of hydrogen-bond acceptors (Lipinski definition) is 5. The van der Waals surface area contributed by atoms with E-state index < -0.39 is 17.8 Å². The summed E-state index contributed by atoms with van der Waals surface area (Å²) >= 11 is 0. The Bertz CT molecular complexity index is 359. The maximum Gasteiger partial charge on any atom is 0.354 e. The summed E-state index contributed by atoms with van der Waals surface area (Å²) in [6.07, 6.45) is -1.77. The summed E-state index contributed by atoms with van der Waals surface area (Å²) in [5, 5.41) is 36.2. The van der Waals surface area contributed by atoms with E-state index in [1.165, 1.54) is 24.3 Å². The monoisotopic (exact) mass is 213 g/mol. The van der Waals surface area contributed by atoms with E-state index in [4.69, 9.17) is 15.9 Å². The third-order valence-electron chi connectivity index (χ3n) is 1.97. The van der Waals surface area contributed by atoms with Gasteiger partial charge in [0.2, 0.25) is 5.72 Å². The zero-order valence-electron chi connectivity index (χ0n) is 7.66. The molecule has 0 bridgehead atoms. The van der Waals surface area contributed by atoms with Crippen LogP contribution in [0.15, 0.2) is 24.3 Å². The van der Waals surface area contributed by atoms with Crippen LogP contribution in [0.4, 0.5) is 0 Å². The molecule has 2 atom stereocenters. The van der Waals surface area contributed by atoms with E-state index in [2.05, 4.69) is 0 Å². The van der Waals surface area contributed by atoms with Crippen LogP contribution in [0.3, 0.4) is 0 Å². The predicted molar refractivity (Wildman–Crippen MR) is 49.8 cm³/mol. The molecule has 6 N–H and O–H groups in total. The number of rotatable bonds is 3. The fourth-order valence-electron chi connectivity index (χ4n) is 1.03. The van der Waals surface area contributed by atoms with Gasteiger partial charge in [0.1, 0.15) is 11.9 Å². The molecule has 0 saturated carbocycles. The summed E-state index contributed by atoms with van der Waals surface area (Å²) in [4.78, 5) is 10.5. The summed E-state index contributed by atoms with van der Waals surface area (Å²) in [5.41, 5.74) is 2.36. The second-order valence-electron chi connectivity index (χ2n) is 3.12. The van der Waals surface area contributed by atoms with Crippen molar-refractivity contribution in [2.45, 2.75) is 11.8 Å². The van der Waals surface area contributed by atoms with E-state index in [0.717, 1.165) is 0 Å². The molecule has 0 fully saturated rings. The first-order valence-corrected chi connectivity index (χ1v) is 4.07. The first-order valence-electron chi connectivity index (χ1n) is 4.07. The molecule has 1 rings (SSSR count). The average Bonchev–Trinajstić information content (AvgIpc) is 2.17. The molecule has 0 heterocycles. The number of aliphatic hydroxyl groups is 2. The van der Waals surface area contributed by atoms with Gasteiger partial charge in [-0.15, -0.1) is 0 Å². The molecule has 6 nitrogen and oxygen atoms in total. The van der Waals surface area contributed by atoms with Gasteiger partial charge in [-0.2, -0.15) is 0 Å². The van der Waals surface area contributed by atoms with Crippen molar-refractivity contribution in [1.82, 2.24) is 0 Å². The van der Waals surface area contributed by atoms with Crippen LogP contribution in [-0.2, 0) is 4.79 Å². The quantitative estimate of drug-likeness (QED) is 0.417. The van der Waals surface area contributed by atoms with E-state index >= 15 is 0 Å². The van der Waals surface area contributed by atoms with Crippen LogP contribution < -0.4 is 5.73 Å². The predicted octanol–water partition coefficient (Wildman–Crippen LogP) is -0.843. The number of carbonyl (C=O) groups is 1. The van der Waals surface area contributed by atoms with E-state index in [1.807, 2.05) is 0 Å². The van der Waals surface area contributed by atoms with Gasteiger partial charge in [-0.3, -0.25) is 5.73 Å². The van der Waals surface area contributed by atoms with E-state index in [9.17, 15) is 15.0 Å². The standard InChI is InChI=1S/C9H11NO5/c10-9(15,8(13)14)7(12)5-1-3-6(11)4-2-5/h1-4,7,11-12,15H,10H2,(H,13,14). The Morgan fingerprint density at radius 3 is 2.20 bits per heavy atom. The molecule has 0 radical (unpaired) electrons. The van der Waals surface area contributed by atoms with Crippen LogP contribution in [0.1, 0.15) is 11.7 Å². The van der Waals surface area contributed by atoms with Gasteiger partial charge in [0.15, 0.2) is 0 Å². The highest BCUT2D eigenvalue weighted by molar-refractivity contribution is 5.77. The van der Waals surface area contributed by atoms with Crippen molar-refractivity contribution in [3.05, 3.63) is 29.8 Å². The molecule has 0 aliphatic heterocycles. The molecule has 0 saturated heterocycles. The molecule has 1 aromatic carbocycles. The Hall–Kier alpha value is -1.63. The molecule has 15 heavy (non-hydrogen) atoms. The van der Waals surface area contributed by atoms with Crippen molar-refractivity contribution in [2.75, 3.05) is 0 Å². The van der Waals surface area contributed by atoms with Gasteiger partial charge in [0, 0.05) is 0 Å². The minimum atomic E-state index is -2.75. The summed E-state index contributed by atoms with van der Waals surface area (Å²) in [6.45, 7) is 0. The highest BCUT2D eigenvalue weighted by Gasteiger charge is 2.40. The molecule has 0 aliphatic rings. The number of nitrogens with two attached hydrogens (primary N) is 1. The van der Waals surface area contributed by atoms with Crippen molar-refractivity contribution in [2.24, 2.45) is 5.73 Å². The van der Waals surface area contributed by atoms with Gasteiger partial charge in [0.25, 0.3) is 0 Å². The fraction of sp³-hybridized carbons (Fsp3) is 0.222. The molecule has 6 heteroatoms. The molecule has 82 valence electrons. The van der Waals surface area contributed by atoms with Crippen molar-refractivity contribution in [3.8, 4) is 5.75 Å². The summed E-state index contributed by atoms with van der Waals surface area (Å²) < 4.78 is 0. The zero-order chi connectivity index (χ0) is 11.6. The largest absolute Gasteiger partial charge is 0.508 e. The number of aromatic hydroxyl groups is 1. The van der Waals surface area contributed by atoms with Crippen LogP contribution in [-0.4, -0.2) is 32.1 Å². The molecule has 0 amide bonds. The number of benzene rings is 1. The van der Waals surface area contributed by atoms with Crippen LogP contribution in [0.2, 0.25) is 0 Å². The molecule has 2 unspecified atom stereocenters. The topological polar surface area (TPSA) is 124 Å². The zero-order valence-corrected chi connectivity index (χ0v) is 7.66. The van der Waals surface area contributed by atoms with Gasteiger partial charge < -0.3 is 20.4 Å². The number of phenolic OH excluding ortho intramolecular Hbond substituents is 1. The lowest BCUT2D eigenvalue weighted by atomic mass is 10.00. The Kier molecular flexibility index (Phi) is 2.94. The third kappa shape index (κ3) is 2.24. The fourth-order valence-corrected chi connectivity index (χ4v) is 1.03. The highest BCUT2D eigenvalue weighted by atomic mass is 16.4. The number of aliphatic carboxylic acids is 1. The number of carboxylic acid groups (broad SMARTS) is 1. The number of aliphatic hydroxyl groups excluding tert-OH is 1. The number of carboxylic acids is 1. The molecular formula is C9H11NO5. The summed E-state index contributed by atoms with van der Waals surface area (Å²) in [6, 6.07) is 5.02. The molecule has 0 spiro atoms. The van der Waals surface area contributed by atoms with Gasteiger partial charge in [-0.05, 0) is 17.7 Å². The molecule has 0 aliphatic carbocycles.